The number of aliphatic hydroxyl groups is 1. The Kier molecular flexibility index (Phi) is 4.47. The van der Waals surface area contributed by atoms with Gasteiger partial charge in [0.05, 0.1) is 24.7 Å². The number of aromatic nitrogens is 1. The lowest BCUT2D eigenvalue weighted by Crippen LogP contribution is -2.33. The number of nitrogens with one attached hydrogen (secondary N) is 1. The minimum absolute atomic E-state index is 0.462. The van der Waals surface area contributed by atoms with Crippen LogP contribution in [0.1, 0.15) is 11.6 Å². The molecule has 0 fully saturated rings. The largest absolute Gasteiger partial charge is 0.401 e. The fourth-order valence-electron chi connectivity index (χ4n) is 1.95. The van der Waals surface area contributed by atoms with Gasteiger partial charge in [-0.25, -0.2) is 0 Å². The van der Waals surface area contributed by atoms with Gasteiger partial charge in [0.15, 0.2) is 0 Å². The molecule has 0 radical (unpaired) electrons. The minimum Gasteiger partial charge on any atom is -0.394 e. The van der Waals surface area contributed by atoms with Crippen molar-refractivity contribution in [1.29, 1.82) is 0 Å². The maximum absolute atomic E-state index is 12.3. The summed E-state index contributed by atoms with van der Waals surface area (Å²) < 4.78 is 36.8. The van der Waals surface area contributed by atoms with Gasteiger partial charge < -0.3 is 5.11 Å². The van der Waals surface area contributed by atoms with Crippen LogP contribution in [-0.4, -0.2) is 29.4 Å². The quantitative estimate of drug-likeness (QED) is 0.912. The SMILES string of the molecule is OCC(NCC(F)(F)F)c1ccc(Cl)c2cccnc12. The Morgan fingerprint density at radius 1 is 1.30 bits per heavy atom. The molecule has 0 bridgehead atoms. The molecule has 1 aromatic heterocycles. The summed E-state index contributed by atoms with van der Waals surface area (Å²) >= 11 is 6.02. The van der Waals surface area contributed by atoms with Gasteiger partial charge in [-0.1, -0.05) is 17.7 Å². The average Bonchev–Trinajstić information content (AvgIpc) is 2.41. The lowest BCUT2D eigenvalue weighted by atomic mass is 10.0. The molecule has 0 aliphatic rings. The Morgan fingerprint density at radius 3 is 2.70 bits per heavy atom. The van der Waals surface area contributed by atoms with Crippen molar-refractivity contribution >= 4 is 22.5 Å². The van der Waals surface area contributed by atoms with Gasteiger partial charge in [0.2, 0.25) is 0 Å². The van der Waals surface area contributed by atoms with Crippen LogP contribution < -0.4 is 5.32 Å². The van der Waals surface area contributed by atoms with Crippen LogP contribution in [0.2, 0.25) is 5.02 Å². The number of hydrogen-bond acceptors (Lipinski definition) is 3. The predicted octanol–water partition coefficient (Wildman–Crippen LogP) is 3.07. The van der Waals surface area contributed by atoms with E-state index in [1.807, 2.05) is 0 Å². The summed E-state index contributed by atoms with van der Waals surface area (Å²) in [5.74, 6) is 0. The van der Waals surface area contributed by atoms with Gasteiger partial charge >= 0.3 is 6.18 Å². The van der Waals surface area contributed by atoms with Crippen molar-refractivity contribution in [3.8, 4) is 0 Å². The van der Waals surface area contributed by atoms with Gasteiger partial charge in [0, 0.05) is 16.6 Å². The first-order valence-electron chi connectivity index (χ1n) is 5.86. The van der Waals surface area contributed by atoms with Crippen LogP contribution in [0.4, 0.5) is 13.2 Å². The highest BCUT2D eigenvalue weighted by molar-refractivity contribution is 6.35. The average molecular weight is 305 g/mol. The Morgan fingerprint density at radius 2 is 2.05 bits per heavy atom. The van der Waals surface area contributed by atoms with E-state index in [0.717, 1.165) is 0 Å². The van der Waals surface area contributed by atoms with Crippen LogP contribution in [0.25, 0.3) is 10.9 Å². The second kappa shape index (κ2) is 5.95. The number of rotatable bonds is 4. The third kappa shape index (κ3) is 3.39. The molecule has 108 valence electrons. The zero-order valence-corrected chi connectivity index (χ0v) is 11.0. The van der Waals surface area contributed by atoms with E-state index < -0.39 is 25.4 Å². The lowest BCUT2D eigenvalue weighted by Gasteiger charge is -2.19. The molecular weight excluding hydrogens is 293 g/mol. The van der Waals surface area contributed by atoms with Crippen molar-refractivity contribution in [3.05, 3.63) is 41.0 Å². The van der Waals surface area contributed by atoms with E-state index in [1.54, 1.807) is 24.3 Å². The van der Waals surface area contributed by atoms with E-state index in [-0.39, 0.29) is 0 Å². The standard InChI is InChI=1S/C13H12ClF3N2O/c14-10-4-3-9(12-8(10)2-1-5-18-12)11(6-20)19-7-13(15,16)17/h1-5,11,19-20H,6-7H2. The number of hydrogen-bond donors (Lipinski definition) is 2. The third-order valence-corrected chi connectivity index (χ3v) is 3.18. The third-order valence-electron chi connectivity index (χ3n) is 2.85. The molecular formula is C13H12ClF3N2O. The second-order valence-corrected chi connectivity index (χ2v) is 4.67. The molecule has 1 atom stereocenters. The second-order valence-electron chi connectivity index (χ2n) is 4.27. The maximum Gasteiger partial charge on any atom is 0.401 e. The zero-order chi connectivity index (χ0) is 14.8. The van der Waals surface area contributed by atoms with E-state index in [0.29, 0.717) is 21.5 Å². The van der Waals surface area contributed by atoms with E-state index in [4.69, 9.17) is 11.6 Å². The molecule has 2 N–H and O–H groups in total. The summed E-state index contributed by atoms with van der Waals surface area (Å²) in [7, 11) is 0. The molecule has 0 aliphatic heterocycles. The fraction of sp³-hybridized carbons (Fsp3) is 0.308. The molecule has 0 saturated heterocycles. The van der Waals surface area contributed by atoms with Crippen molar-refractivity contribution in [3.63, 3.8) is 0 Å². The molecule has 0 saturated carbocycles. The molecule has 2 rings (SSSR count). The lowest BCUT2D eigenvalue weighted by molar-refractivity contribution is -0.126. The summed E-state index contributed by atoms with van der Waals surface area (Å²) in [5, 5.41) is 12.7. The Balaban J connectivity index is 2.37. The molecule has 1 aromatic carbocycles. The van der Waals surface area contributed by atoms with E-state index in [9.17, 15) is 18.3 Å². The van der Waals surface area contributed by atoms with Crippen molar-refractivity contribution < 1.29 is 18.3 Å². The van der Waals surface area contributed by atoms with Crippen LogP contribution in [0.15, 0.2) is 30.5 Å². The predicted molar refractivity (Wildman–Crippen MR) is 70.6 cm³/mol. The highest BCUT2D eigenvalue weighted by Gasteiger charge is 2.28. The summed E-state index contributed by atoms with van der Waals surface area (Å²) in [6.45, 7) is -1.65. The molecule has 7 heteroatoms. The van der Waals surface area contributed by atoms with Crippen LogP contribution in [0.3, 0.4) is 0 Å². The van der Waals surface area contributed by atoms with Crippen molar-refractivity contribution in [2.24, 2.45) is 0 Å². The van der Waals surface area contributed by atoms with Gasteiger partial charge in [0.1, 0.15) is 0 Å². The summed E-state index contributed by atoms with van der Waals surface area (Å²) in [5.41, 5.74) is 0.963. The molecule has 0 amide bonds. The van der Waals surface area contributed by atoms with Gasteiger partial charge in [-0.05, 0) is 23.8 Å². The highest BCUT2D eigenvalue weighted by atomic mass is 35.5. The van der Waals surface area contributed by atoms with Crippen LogP contribution in [-0.2, 0) is 0 Å². The monoisotopic (exact) mass is 304 g/mol. The first-order chi connectivity index (χ1) is 9.42. The maximum atomic E-state index is 12.3. The molecule has 0 aliphatic carbocycles. The fourth-order valence-corrected chi connectivity index (χ4v) is 2.17. The Hall–Kier alpha value is -1.37. The topological polar surface area (TPSA) is 45.1 Å². The number of alkyl halides is 3. The normalized spacial score (nSPS) is 13.7. The Bertz CT molecular complexity index is 604. The number of halogens is 4. The molecule has 1 heterocycles. The van der Waals surface area contributed by atoms with Crippen molar-refractivity contribution in [2.75, 3.05) is 13.2 Å². The van der Waals surface area contributed by atoms with Gasteiger partial charge in [-0.15, -0.1) is 0 Å². The summed E-state index contributed by atoms with van der Waals surface area (Å²) in [6, 6.07) is 5.72. The van der Waals surface area contributed by atoms with Gasteiger partial charge in [-0.2, -0.15) is 13.2 Å². The van der Waals surface area contributed by atoms with Gasteiger partial charge in [-0.3, -0.25) is 10.3 Å². The van der Waals surface area contributed by atoms with Crippen LogP contribution >= 0.6 is 11.6 Å². The molecule has 0 spiro atoms. The number of pyridine rings is 1. The number of aliphatic hydroxyl groups excluding tert-OH is 1. The van der Waals surface area contributed by atoms with Crippen molar-refractivity contribution in [2.45, 2.75) is 12.2 Å². The van der Waals surface area contributed by atoms with E-state index in [2.05, 4.69) is 10.3 Å². The first-order valence-corrected chi connectivity index (χ1v) is 6.24. The smallest absolute Gasteiger partial charge is 0.394 e. The van der Waals surface area contributed by atoms with E-state index >= 15 is 0 Å². The molecule has 20 heavy (non-hydrogen) atoms. The van der Waals surface area contributed by atoms with Gasteiger partial charge in [0.25, 0.3) is 0 Å². The minimum atomic E-state index is -4.34. The van der Waals surface area contributed by atoms with Crippen LogP contribution in [0.5, 0.6) is 0 Å². The van der Waals surface area contributed by atoms with Crippen LogP contribution in [0, 0.1) is 0 Å². The zero-order valence-electron chi connectivity index (χ0n) is 10.3. The summed E-state index contributed by atoms with van der Waals surface area (Å²) in [6.07, 6.45) is -2.82. The van der Waals surface area contributed by atoms with E-state index in [1.165, 1.54) is 6.20 Å². The highest BCUT2D eigenvalue weighted by Crippen LogP contribution is 2.28. The molecule has 1 unspecified atom stereocenters. The Labute approximate surface area is 118 Å². The molecule has 3 nitrogen and oxygen atoms in total. The summed E-state index contributed by atoms with van der Waals surface area (Å²) in [4.78, 5) is 4.14. The van der Waals surface area contributed by atoms with Crippen molar-refractivity contribution in [1.82, 2.24) is 10.3 Å². The number of benzene rings is 1. The number of fused-ring (bicyclic) bond motifs is 1. The number of nitrogens with zero attached hydrogens (tertiary/aromatic N) is 1. The first kappa shape index (κ1) is 15.0. The molecule has 2 aromatic rings.